The van der Waals surface area contributed by atoms with Crippen LogP contribution in [-0.2, 0) is 4.79 Å². The summed E-state index contributed by atoms with van der Waals surface area (Å²) in [5.74, 6) is 2.11. The maximum Gasteiger partial charge on any atom is 0.258 e. The smallest absolute Gasteiger partial charge is 0.258 e. The van der Waals surface area contributed by atoms with Gasteiger partial charge >= 0.3 is 0 Å². The number of ketones is 1. The highest BCUT2D eigenvalue weighted by molar-refractivity contribution is 6.09. The molecule has 0 atom stereocenters. The minimum atomic E-state index is -0.312. The van der Waals surface area contributed by atoms with Crippen LogP contribution in [0.3, 0.4) is 0 Å². The van der Waals surface area contributed by atoms with Crippen LogP contribution in [0.5, 0.6) is 23.1 Å². The molecular formula is C30H27N5O6. The SMILES string of the molecule is COc1ccc(OC)c(-c2nnc3ccc(OCCNC(=O)COc4ccc(C(=O)c5ccccc5)cc4)nn23)c1. The Morgan fingerprint density at radius 3 is 2.32 bits per heavy atom. The molecule has 0 aliphatic heterocycles. The van der Waals surface area contributed by atoms with Crippen molar-refractivity contribution in [2.75, 3.05) is 34.0 Å². The molecule has 41 heavy (non-hydrogen) atoms. The molecule has 2 aromatic heterocycles. The summed E-state index contributed by atoms with van der Waals surface area (Å²) >= 11 is 0. The van der Waals surface area contributed by atoms with E-state index in [1.165, 1.54) is 0 Å². The zero-order valence-electron chi connectivity index (χ0n) is 22.4. The van der Waals surface area contributed by atoms with Gasteiger partial charge < -0.3 is 24.3 Å². The minimum absolute atomic E-state index is 0.0796. The van der Waals surface area contributed by atoms with Gasteiger partial charge in [-0.3, -0.25) is 9.59 Å². The van der Waals surface area contributed by atoms with Gasteiger partial charge in [0.25, 0.3) is 5.91 Å². The van der Waals surface area contributed by atoms with Crippen molar-refractivity contribution in [3.8, 4) is 34.5 Å². The molecule has 0 saturated heterocycles. The van der Waals surface area contributed by atoms with Crippen molar-refractivity contribution >= 4 is 17.3 Å². The number of hydrogen-bond acceptors (Lipinski definition) is 9. The summed E-state index contributed by atoms with van der Waals surface area (Å²) in [7, 11) is 3.15. The molecule has 0 radical (unpaired) electrons. The maximum atomic E-state index is 12.5. The van der Waals surface area contributed by atoms with Crippen LogP contribution >= 0.6 is 0 Å². The second kappa shape index (κ2) is 12.6. The summed E-state index contributed by atoms with van der Waals surface area (Å²) in [6.07, 6.45) is 0. The number of methoxy groups -OCH3 is 2. The van der Waals surface area contributed by atoms with Gasteiger partial charge in [0, 0.05) is 17.2 Å². The molecule has 11 heteroatoms. The average Bonchev–Trinajstić information content (AvgIpc) is 3.45. The molecule has 1 N–H and O–H groups in total. The molecule has 0 unspecified atom stereocenters. The third-order valence-electron chi connectivity index (χ3n) is 6.08. The number of aromatic nitrogens is 4. The van der Waals surface area contributed by atoms with Crippen molar-refractivity contribution in [2.45, 2.75) is 0 Å². The Labute approximate surface area is 235 Å². The van der Waals surface area contributed by atoms with Gasteiger partial charge in [-0.2, -0.15) is 4.52 Å². The van der Waals surface area contributed by atoms with Crippen LogP contribution in [0.15, 0.2) is 84.9 Å². The fourth-order valence-electron chi connectivity index (χ4n) is 4.01. The van der Waals surface area contributed by atoms with Crippen molar-refractivity contribution in [2.24, 2.45) is 0 Å². The topological polar surface area (TPSA) is 126 Å². The van der Waals surface area contributed by atoms with E-state index in [4.69, 9.17) is 18.9 Å². The lowest BCUT2D eigenvalue weighted by atomic mass is 10.0. The van der Waals surface area contributed by atoms with Crippen molar-refractivity contribution in [1.82, 2.24) is 25.1 Å². The summed E-state index contributed by atoms with van der Waals surface area (Å²) < 4.78 is 23.6. The largest absolute Gasteiger partial charge is 0.497 e. The minimum Gasteiger partial charge on any atom is -0.497 e. The molecule has 0 aliphatic carbocycles. The lowest BCUT2D eigenvalue weighted by Crippen LogP contribution is -2.32. The first-order valence-electron chi connectivity index (χ1n) is 12.7. The van der Waals surface area contributed by atoms with Crippen LogP contribution in [0.25, 0.3) is 17.0 Å². The number of carbonyl (C=O) groups excluding carboxylic acids is 2. The summed E-state index contributed by atoms with van der Waals surface area (Å²) in [6, 6.07) is 24.5. The van der Waals surface area contributed by atoms with E-state index in [0.717, 1.165) is 0 Å². The van der Waals surface area contributed by atoms with Crippen LogP contribution in [0.4, 0.5) is 0 Å². The number of nitrogens with zero attached hydrogens (tertiary/aromatic N) is 4. The van der Waals surface area contributed by atoms with Crippen molar-refractivity contribution in [3.63, 3.8) is 0 Å². The highest BCUT2D eigenvalue weighted by atomic mass is 16.5. The Kier molecular flexibility index (Phi) is 8.34. The summed E-state index contributed by atoms with van der Waals surface area (Å²) in [4.78, 5) is 24.8. The van der Waals surface area contributed by atoms with Gasteiger partial charge in [0.2, 0.25) is 5.88 Å². The first kappa shape index (κ1) is 27.1. The fraction of sp³-hybridized carbons (Fsp3) is 0.167. The summed E-state index contributed by atoms with van der Waals surface area (Å²) in [5.41, 5.74) is 2.34. The molecule has 5 aromatic rings. The molecule has 208 valence electrons. The molecule has 0 saturated carbocycles. The van der Waals surface area contributed by atoms with Crippen molar-refractivity contribution < 1.29 is 28.5 Å². The standard InChI is InChI=1S/C30H27N5O6/c1-38-23-12-13-25(39-2)24(18-23)30-33-32-26-14-15-28(34-35(26)30)40-17-16-31-27(36)19-41-22-10-8-21(9-11-22)29(37)20-6-4-3-5-7-20/h3-15,18H,16-17,19H2,1-2H3,(H,31,36). The highest BCUT2D eigenvalue weighted by Crippen LogP contribution is 2.32. The average molecular weight is 554 g/mol. The van der Waals surface area contributed by atoms with Gasteiger partial charge in [0.05, 0.1) is 26.3 Å². The predicted molar refractivity (Wildman–Crippen MR) is 150 cm³/mol. The number of fused-ring (bicyclic) bond motifs is 1. The van der Waals surface area contributed by atoms with E-state index in [0.29, 0.717) is 51.3 Å². The second-order valence-corrected chi connectivity index (χ2v) is 8.74. The number of amides is 1. The number of carbonyl (C=O) groups is 2. The third-order valence-corrected chi connectivity index (χ3v) is 6.08. The van der Waals surface area contributed by atoms with E-state index in [1.807, 2.05) is 18.2 Å². The molecule has 5 rings (SSSR count). The van der Waals surface area contributed by atoms with Crippen LogP contribution in [-0.4, -0.2) is 65.5 Å². The van der Waals surface area contributed by atoms with E-state index in [1.54, 1.807) is 85.5 Å². The maximum absolute atomic E-state index is 12.5. The zero-order chi connectivity index (χ0) is 28.6. The van der Waals surface area contributed by atoms with Gasteiger partial charge in [-0.15, -0.1) is 15.3 Å². The van der Waals surface area contributed by atoms with E-state index < -0.39 is 0 Å². The number of benzene rings is 3. The summed E-state index contributed by atoms with van der Waals surface area (Å²) in [5, 5.41) is 15.6. The molecule has 0 fully saturated rings. The molecule has 11 nitrogen and oxygen atoms in total. The zero-order valence-corrected chi connectivity index (χ0v) is 22.4. The Morgan fingerprint density at radius 1 is 0.805 bits per heavy atom. The van der Waals surface area contributed by atoms with Crippen LogP contribution in [0, 0.1) is 0 Å². The van der Waals surface area contributed by atoms with Gasteiger partial charge in [0.1, 0.15) is 23.9 Å². The van der Waals surface area contributed by atoms with Crippen molar-refractivity contribution in [3.05, 3.63) is 96.1 Å². The normalized spacial score (nSPS) is 10.7. The molecule has 0 spiro atoms. The number of ether oxygens (including phenoxy) is 4. The monoisotopic (exact) mass is 553 g/mol. The molecule has 0 aliphatic rings. The fourth-order valence-corrected chi connectivity index (χ4v) is 4.01. The van der Waals surface area contributed by atoms with E-state index >= 15 is 0 Å². The van der Waals surface area contributed by atoms with Crippen LogP contribution in [0.2, 0.25) is 0 Å². The lowest BCUT2D eigenvalue weighted by Gasteiger charge is -2.10. The molecule has 1 amide bonds. The molecule has 2 heterocycles. The first-order chi connectivity index (χ1) is 20.1. The number of rotatable bonds is 12. The van der Waals surface area contributed by atoms with Gasteiger partial charge in [-0.25, -0.2) is 0 Å². The van der Waals surface area contributed by atoms with E-state index in [-0.39, 0.29) is 31.4 Å². The van der Waals surface area contributed by atoms with Gasteiger partial charge in [-0.1, -0.05) is 30.3 Å². The van der Waals surface area contributed by atoms with Crippen molar-refractivity contribution in [1.29, 1.82) is 0 Å². The predicted octanol–water partition coefficient (Wildman–Crippen LogP) is 3.61. The number of nitrogens with one attached hydrogen (secondary N) is 1. The second-order valence-electron chi connectivity index (χ2n) is 8.74. The Morgan fingerprint density at radius 2 is 1.56 bits per heavy atom. The Hall–Kier alpha value is -5.45. The third kappa shape index (κ3) is 6.41. The molecule has 0 bridgehead atoms. The van der Waals surface area contributed by atoms with E-state index in [9.17, 15) is 9.59 Å². The van der Waals surface area contributed by atoms with Crippen LogP contribution in [0.1, 0.15) is 15.9 Å². The van der Waals surface area contributed by atoms with E-state index in [2.05, 4.69) is 20.6 Å². The van der Waals surface area contributed by atoms with Gasteiger partial charge in [0.15, 0.2) is 23.9 Å². The summed E-state index contributed by atoms with van der Waals surface area (Å²) in [6.45, 7) is 0.244. The number of hydrogen-bond donors (Lipinski definition) is 1. The lowest BCUT2D eigenvalue weighted by molar-refractivity contribution is -0.123. The molecular weight excluding hydrogens is 526 g/mol. The highest BCUT2D eigenvalue weighted by Gasteiger charge is 2.16. The Bertz CT molecular complexity index is 1650. The first-order valence-corrected chi connectivity index (χ1v) is 12.7. The quantitative estimate of drug-likeness (QED) is 0.182. The molecule has 3 aromatic carbocycles. The van der Waals surface area contributed by atoms with Crippen LogP contribution < -0.4 is 24.3 Å². The van der Waals surface area contributed by atoms with Gasteiger partial charge in [-0.05, 0) is 48.5 Å². The Balaban J connectivity index is 1.11.